The summed E-state index contributed by atoms with van der Waals surface area (Å²) in [5.41, 5.74) is -2.37. The topological polar surface area (TPSA) is 119 Å². The molecule has 1 heterocycles. The number of carbonyl (C=O) groups excluding carboxylic acids is 2. The molecule has 278 valence electrons. The Morgan fingerprint density at radius 2 is 1.73 bits per heavy atom. The van der Waals surface area contributed by atoms with Crippen LogP contribution < -0.4 is 4.74 Å². The van der Waals surface area contributed by atoms with Crippen molar-refractivity contribution in [3.05, 3.63) is 29.8 Å². The highest BCUT2D eigenvalue weighted by atomic mass is 28.4. The molecule has 0 unspecified atom stereocenters. The number of benzene rings is 1. The molecule has 11 heteroatoms. The van der Waals surface area contributed by atoms with Crippen LogP contribution in [0.2, 0.25) is 18.1 Å². The first-order chi connectivity index (χ1) is 22.7. The van der Waals surface area contributed by atoms with Gasteiger partial charge < -0.3 is 42.7 Å². The van der Waals surface area contributed by atoms with Gasteiger partial charge in [-0.05, 0) is 68.9 Å². The normalized spacial score (nSPS) is 33.8. The lowest BCUT2D eigenvalue weighted by atomic mass is 9.67. The Labute approximate surface area is 295 Å². The molecule has 1 saturated heterocycles. The summed E-state index contributed by atoms with van der Waals surface area (Å²) in [7, 11) is 0.683. The van der Waals surface area contributed by atoms with Gasteiger partial charge in [-0.25, -0.2) is 0 Å². The van der Waals surface area contributed by atoms with Gasteiger partial charge >= 0.3 is 0 Å². The van der Waals surface area contributed by atoms with E-state index in [1.54, 1.807) is 7.11 Å². The van der Waals surface area contributed by atoms with Crippen molar-refractivity contribution in [1.82, 2.24) is 0 Å². The summed E-state index contributed by atoms with van der Waals surface area (Å²) in [6.45, 7) is 20.8. The largest absolute Gasteiger partial charge is 0.497 e. The minimum Gasteiger partial charge on any atom is -0.497 e. The number of fused-ring (bicyclic) bond motifs is 2. The van der Waals surface area contributed by atoms with Gasteiger partial charge in [-0.1, -0.05) is 53.7 Å². The first kappa shape index (κ1) is 40.1. The lowest BCUT2D eigenvalue weighted by Crippen LogP contribution is -2.61. The molecule has 3 fully saturated rings. The van der Waals surface area contributed by atoms with Crippen LogP contribution in [-0.4, -0.2) is 88.4 Å². The van der Waals surface area contributed by atoms with E-state index in [-0.39, 0.29) is 43.2 Å². The van der Waals surface area contributed by atoms with Gasteiger partial charge in [0.05, 0.1) is 38.1 Å². The summed E-state index contributed by atoms with van der Waals surface area (Å²) in [4.78, 5) is 27.3. The van der Waals surface area contributed by atoms with Gasteiger partial charge in [0.15, 0.2) is 19.9 Å². The summed E-state index contributed by atoms with van der Waals surface area (Å²) in [6.07, 6.45) is -0.0400. The Balaban J connectivity index is 1.89. The van der Waals surface area contributed by atoms with Gasteiger partial charge in [0.1, 0.15) is 30.5 Å². The quantitative estimate of drug-likeness (QED) is 0.139. The molecule has 0 radical (unpaired) electrons. The van der Waals surface area contributed by atoms with Crippen LogP contribution in [-0.2, 0) is 44.3 Å². The number of aliphatic hydroxyl groups is 1. The van der Waals surface area contributed by atoms with Crippen molar-refractivity contribution in [2.45, 2.75) is 141 Å². The molecule has 3 aliphatic rings. The number of Topliss-reactive ketones (excluding diaryl/α,β-unsaturated/α-hetero) is 1. The maximum Gasteiger partial charge on any atom is 0.192 e. The summed E-state index contributed by atoms with van der Waals surface area (Å²) >= 11 is 0. The highest BCUT2D eigenvalue weighted by molar-refractivity contribution is 6.74. The second kappa shape index (κ2) is 14.7. The molecule has 1 aromatic rings. The van der Waals surface area contributed by atoms with Crippen LogP contribution >= 0.6 is 0 Å². The SMILES string of the molecule is COCO[C@H]1C(=O)[C@@H](C)[C@@H]([C@@]2([C@@H](CC=O)OCc3ccc(OC)cc3)COC(C)(C)O2)C[C@H](O[Si](C)(C)C(C)(C)C)[C@@]2(O)CC[C@H]1C2(C)C. The Hall–Kier alpha value is -1.70. The second-order valence-electron chi connectivity index (χ2n) is 17.0. The number of ether oxygens (including phenoxy) is 6. The summed E-state index contributed by atoms with van der Waals surface area (Å²) in [5.74, 6) is -1.89. The minimum absolute atomic E-state index is 0.0166. The Morgan fingerprint density at radius 1 is 1.08 bits per heavy atom. The Morgan fingerprint density at radius 3 is 2.27 bits per heavy atom. The maximum absolute atomic E-state index is 14.9. The highest BCUT2D eigenvalue weighted by Crippen LogP contribution is 2.59. The van der Waals surface area contributed by atoms with E-state index in [0.717, 1.165) is 17.6 Å². The van der Waals surface area contributed by atoms with E-state index in [2.05, 4.69) is 33.9 Å². The molecule has 8 atom stereocenters. The zero-order valence-corrected chi connectivity index (χ0v) is 32.9. The zero-order valence-electron chi connectivity index (χ0n) is 31.9. The van der Waals surface area contributed by atoms with Crippen LogP contribution in [0.1, 0.15) is 86.6 Å². The van der Waals surface area contributed by atoms with Crippen molar-refractivity contribution in [3.63, 3.8) is 0 Å². The van der Waals surface area contributed by atoms with Crippen molar-refractivity contribution in [2.24, 2.45) is 23.2 Å². The average molecular weight is 707 g/mol. The lowest BCUT2D eigenvalue weighted by molar-refractivity contribution is -0.224. The Bertz CT molecular complexity index is 1290. The van der Waals surface area contributed by atoms with Crippen LogP contribution in [0.3, 0.4) is 0 Å². The van der Waals surface area contributed by atoms with Gasteiger partial charge in [-0.15, -0.1) is 0 Å². The van der Waals surface area contributed by atoms with Crippen molar-refractivity contribution in [1.29, 1.82) is 0 Å². The first-order valence-electron chi connectivity index (χ1n) is 17.8. The van der Waals surface area contributed by atoms with Crippen molar-refractivity contribution in [2.75, 3.05) is 27.6 Å². The molecule has 0 spiro atoms. The van der Waals surface area contributed by atoms with E-state index in [1.165, 1.54) is 7.11 Å². The van der Waals surface area contributed by atoms with Crippen molar-refractivity contribution in [3.8, 4) is 5.75 Å². The molecule has 0 amide bonds. The molecular formula is C38H62O10Si. The molecule has 49 heavy (non-hydrogen) atoms. The van der Waals surface area contributed by atoms with Crippen molar-refractivity contribution < 1.29 is 47.5 Å². The third-order valence-electron chi connectivity index (χ3n) is 12.4. The molecule has 1 aromatic carbocycles. The van der Waals surface area contributed by atoms with Crippen molar-refractivity contribution >= 4 is 20.4 Å². The molecule has 10 nitrogen and oxygen atoms in total. The molecular weight excluding hydrogens is 644 g/mol. The summed E-state index contributed by atoms with van der Waals surface area (Å²) < 4.78 is 44.1. The van der Waals surface area contributed by atoms with E-state index in [0.29, 0.717) is 19.3 Å². The fourth-order valence-electron chi connectivity index (χ4n) is 8.21. The molecule has 1 aliphatic heterocycles. The number of rotatable bonds is 13. The van der Waals surface area contributed by atoms with E-state index in [1.807, 2.05) is 58.9 Å². The molecule has 2 aliphatic carbocycles. The van der Waals surface area contributed by atoms with E-state index in [9.17, 15) is 14.7 Å². The fraction of sp³-hybridized carbons (Fsp3) is 0.789. The molecule has 4 rings (SSSR count). The monoisotopic (exact) mass is 706 g/mol. The summed E-state index contributed by atoms with van der Waals surface area (Å²) in [6, 6.07) is 7.56. The highest BCUT2D eigenvalue weighted by Gasteiger charge is 2.67. The number of ketones is 1. The van der Waals surface area contributed by atoms with Gasteiger partial charge in [-0.2, -0.15) is 0 Å². The summed E-state index contributed by atoms with van der Waals surface area (Å²) in [5, 5.41) is 12.9. The van der Waals surface area contributed by atoms with Crippen LogP contribution in [0.5, 0.6) is 5.75 Å². The van der Waals surface area contributed by atoms with Crippen LogP contribution in [0.4, 0.5) is 0 Å². The maximum atomic E-state index is 14.9. The third kappa shape index (κ3) is 7.75. The lowest BCUT2D eigenvalue weighted by Gasteiger charge is -2.51. The van der Waals surface area contributed by atoms with Gasteiger partial charge in [0.2, 0.25) is 0 Å². The van der Waals surface area contributed by atoms with Crippen LogP contribution in [0.25, 0.3) is 0 Å². The number of aldehydes is 1. The van der Waals surface area contributed by atoms with E-state index < -0.39 is 60.9 Å². The molecule has 1 N–H and O–H groups in total. The Kier molecular flexibility index (Phi) is 12.0. The van der Waals surface area contributed by atoms with Gasteiger partial charge in [0, 0.05) is 36.7 Å². The molecule has 2 saturated carbocycles. The predicted molar refractivity (Wildman–Crippen MR) is 189 cm³/mol. The number of carbonyl (C=O) groups is 2. The predicted octanol–water partition coefficient (Wildman–Crippen LogP) is 6.46. The second-order valence-corrected chi connectivity index (χ2v) is 21.7. The fourth-order valence-corrected chi connectivity index (χ4v) is 9.56. The van der Waals surface area contributed by atoms with Gasteiger partial charge in [-0.3, -0.25) is 4.79 Å². The minimum atomic E-state index is -2.47. The average Bonchev–Trinajstić information content (AvgIpc) is 3.48. The zero-order chi connectivity index (χ0) is 36.6. The molecule has 0 aromatic heterocycles. The standard InChI is InChI=1S/C38H62O10Si/c1-25-29(37(23-46-36(7,8)48-37)30(18-20-39)44-22-26-13-15-27(43-10)16-14-26)21-31(47-49(11,12)34(2,3)4)38(41)19-17-28(35(38,5)6)33(32(25)40)45-24-42-9/h13-16,20,25,28-31,33,41H,17-19,21-24H2,1-12H3/t25-,28+,29-,30+,31-,33+,37+,38-/m0/s1. The van der Waals surface area contributed by atoms with Crippen LogP contribution in [0, 0.1) is 23.2 Å². The number of hydrogen-bond donors (Lipinski definition) is 1. The smallest absolute Gasteiger partial charge is 0.192 e. The van der Waals surface area contributed by atoms with E-state index >= 15 is 0 Å². The number of methoxy groups -OCH3 is 2. The van der Waals surface area contributed by atoms with Crippen LogP contribution in [0.15, 0.2) is 24.3 Å². The third-order valence-corrected chi connectivity index (χ3v) is 16.8. The molecule has 2 bridgehead atoms. The number of hydrogen-bond acceptors (Lipinski definition) is 10. The van der Waals surface area contributed by atoms with E-state index in [4.69, 9.17) is 32.8 Å². The first-order valence-corrected chi connectivity index (χ1v) is 20.7. The van der Waals surface area contributed by atoms with Gasteiger partial charge in [0.25, 0.3) is 0 Å².